The standard InChI is InChI=1S/C57H85N3O18/c1-36-16-13-11-9-7-5-3-4-6-8-10-12-14-19-45(76-35-75-34-51(70)47(60)33-61)29-52-54(56(72)73)50(69)32-57(74,78-52)31-44(66)27-43(65)26-42(64)25-40(62)17-15-18-41(63)28-53(71)77-55(36)46(59)24-37(2)48(67)30-49(68)38-20-22-39(58)23-21-38/h3-14,16,19-23,36-37,41-48,50-52,54-55,61,63-67,69-70,74H,15,17-18,24-35,58-60H2,1-2H3,(H,72,73)/b4-3-,7-5+,8-6-,11-9+,12-10+,16-13+,19-14+/t36-,37?,41?,42?,43-,44?,45?,46-,47+,48-,50-,51+,52-,54+,55-,57+/m0/s1. The van der Waals surface area contributed by atoms with Gasteiger partial charge in [-0.15, -0.1) is 0 Å². The number of hydrogen-bond donors (Lipinski definition) is 13. The van der Waals surface area contributed by atoms with Crippen LogP contribution in [0.25, 0.3) is 0 Å². The van der Waals surface area contributed by atoms with Crippen LogP contribution in [0.15, 0.2) is 109 Å². The molecule has 2 heterocycles. The molecule has 1 aromatic carbocycles. The van der Waals surface area contributed by atoms with Gasteiger partial charge in [0.2, 0.25) is 0 Å². The lowest BCUT2D eigenvalue weighted by molar-refractivity contribution is -0.301. The number of aliphatic hydroxyl groups excluding tert-OH is 8. The second-order valence-electron chi connectivity index (χ2n) is 20.4. The molecule has 1 saturated heterocycles. The summed E-state index contributed by atoms with van der Waals surface area (Å²) >= 11 is 0. The molecule has 436 valence electrons. The zero-order valence-electron chi connectivity index (χ0n) is 44.6. The van der Waals surface area contributed by atoms with Crippen LogP contribution in [0.3, 0.4) is 0 Å². The summed E-state index contributed by atoms with van der Waals surface area (Å²) in [5, 5.41) is 106. The van der Waals surface area contributed by atoms with Gasteiger partial charge >= 0.3 is 11.9 Å². The smallest absolute Gasteiger partial charge is 0.311 e. The second kappa shape index (κ2) is 35.5. The summed E-state index contributed by atoms with van der Waals surface area (Å²) in [7, 11) is 0. The molecule has 1 aromatic rings. The lowest BCUT2D eigenvalue weighted by Gasteiger charge is -2.44. The zero-order valence-corrected chi connectivity index (χ0v) is 44.6. The van der Waals surface area contributed by atoms with Gasteiger partial charge in [0.05, 0.1) is 80.6 Å². The number of anilines is 1. The molecular formula is C57H85N3O18. The molecule has 1 fully saturated rings. The van der Waals surface area contributed by atoms with Crippen molar-refractivity contribution >= 4 is 29.2 Å². The maximum Gasteiger partial charge on any atom is 0.311 e. The van der Waals surface area contributed by atoms with E-state index in [4.69, 9.17) is 36.1 Å². The second-order valence-corrected chi connectivity index (χ2v) is 20.4. The molecule has 3 rings (SSSR count). The molecule has 2 aliphatic heterocycles. The third-order valence-electron chi connectivity index (χ3n) is 13.4. The number of nitrogens with two attached hydrogens (primary N) is 3. The van der Waals surface area contributed by atoms with Crippen LogP contribution in [-0.2, 0) is 33.3 Å². The number of benzene rings is 1. The molecule has 2 bridgehead atoms. The minimum Gasteiger partial charge on any atom is -0.481 e. The van der Waals surface area contributed by atoms with E-state index in [1.807, 2.05) is 0 Å². The van der Waals surface area contributed by atoms with Crippen LogP contribution in [-0.4, -0.2) is 173 Å². The summed E-state index contributed by atoms with van der Waals surface area (Å²) in [4.78, 5) is 51.5. The van der Waals surface area contributed by atoms with E-state index in [1.165, 1.54) is 0 Å². The Morgan fingerprint density at radius 3 is 1.97 bits per heavy atom. The van der Waals surface area contributed by atoms with Gasteiger partial charge < -0.3 is 87.2 Å². The minimum absolute atomic E-state index is 0.0310. The molecule has 0 amide bonds. The normalized spacial score (nSPS) is 33.1. The van der Waals surface area contributed by atoms with Gasteiger partial charge in [-0.25, -0.2) is 0 Å². The predicted octanol–water partition coefficient (Wildman–Crippen LogP) is 2.11. The highest BCUT2D eigenvalue weighted by Crippen LogP contribution is 2.38. The summed E-state index contributed by atoms with van der Waals surface area (Å²) < 4.78 is 23.0. The summed E-state index contributed by atoms with van der Waals surface area (Å²) in [5.41, 5.74) is 19.0. The Morgan fingerprint density at radius 1 is 0.782 bits per heavy atom. The van der Waals surface area contributed by atoms with Crippen LogP contribution in [0.2, 0.25) is 0 Å². The number of fused-ring (bicyclic) bond motifs is 2. The van der Waals surface area contributed by atoms with E-state index in [1.54, 1.807) is 123 Å². The molecule has 2 aliphatic rings. The van der Waals surface area contributed by atoms with Crippen molar-refractivity contribution in [3.63, 3.8) is 0 Å². The Labute approximate surface area is 456 Å². The van der Waals surface area contributed by atoms with Gasteiger partial charge in [0.1, 0.15) is 24.6 Å². The van der Waals surface area contributed by atoms with E-state index >= 15 is 0 Å². The highest BCUT2D eigenvalue weighted by molar-refractivity contribution is 5.96. The van der Waals surface area contributed by atoms with E-state index in [0.29, 0.717) is 11.3 Å². The maximum absolute atomic E-state index is 13.3. The molecule has 0 aliphatic carbocycles. The van der Waals surface area contributed by atoms with Crippen LogP contribution in [0.1, 0.15) is 101 Å². The third kappa shape index (κ3) is 25.8. The lowest BCUT2D eigenvalue weighted by Crippen LogP contribution is -2.56. The Balaban J connectivity index is 1.82. The van der Waals surface area contributed by atoms with Crippen molar-refractivity contribution in [3.05, 3.63) is 115 Å². The van der Waals surface area contributed by atoms with Crippen molar-refractivity contribution < 1.29 is 89.2 Å². The number of carbonyl (C=O) groups is 4. The molecule has 5 unspecified atom stereocenters. The third-order valence-corrected chi connectivity index (χ3v) is 13.4. The first-order valence-corrected chi connectivity index (χ1v) is 26.5. The summed E-state index contributed by atoms with van der Waals surface area (Å²) in [6.07, 6.45) is 8.75. The monoisotopic (exact) mass is 1100 g/mol. The van der Waals surface area contributed by atoms with Crippen molar-refractivity contribution in [1.29, 1.82) is 0 Å². The molecular weight excluding hydrogens is 1010 g/mol. The largest absolute Gasteiger partial charge is 0.481 e. The number of hydrogen-bond acceptors (Lipinski definition) is 20. The topological polar surface area (TPSA) is 386 Å². The SMILES string of the molecule is CC(C[C@H](N)[C@H]1OC(=O)CC(O)CCCC(=O)CC(O)C[C@H](O)CC(O)C[C@]2(O)C[C@H](O)[C@@H](C(=O)O)[C@H](CC(OCOC[C@@H](O)[C@H](N)CO)/C=C/C=C/C=C\C=C/C=C/C=C/C=C/[C@@H]1C)O2)[C@@H](O)CC(=O)c1ccc(N)cc1. The van der Waals surface area contributed by atoms with E-state index in [0.717, 1.165) is 0 Å². The average molecular weight is 1100 g/mol. The summed E-state index contributed by atoms with van der Waals surface area (Å²) in [5.74, 6) is -7.60. The first-order valence-electron chi connectivity index (χ1n) is 26.5. The minimum atomic E-state index is -2.28. The molecule has 78 heavy (non-hydrogen) atoms. The molecule has 0 saturated carbocycles. The van der Waals surface area contributed by atoms with E-state index in [2.05, 4.69) is 0 Å². The van der Waals surface area contributed by atoms with E-state index in [-0.39, 0.29) is 63.8 Å². The number of carboxylic acids is 1. The molecule has 0 spiro atoms. The quantitative estimate of drug-likeness (QED) is 0.0393. The number of nitrogen functional groups attached to an aromatic ring is 1. The fourth-order valence-corrected chi connectivity index (χ4v) is 9.05. The van der Waals surface area contributed by atoms with Crippen molar-refractivity contribution in [1.82, 2.24) is 0 Å². The van der Waals surface area contributed by atoms with Crippen LogP contribution < -0.4 is 17.2 Å². The van der Waals surface area contributed by atoms with Gasteiger partial charge in [0.25, 0.3) is 0 Å². The number of allylic oxidation sites excluding steroid dienone is 12. The van der Waals surface area contributed by atoms with Crippen LogP contribution in [0.4, 0.5) is 5.69 Å². The predicted molar refractivity (Wildman–Crippen MR) is 290 cm³/mol. The van der Waals surface area contributed by atoms with Gasteiger partial charge in [-0.1, -0.05) is 98.9 Å². The molecule has 21 nitrogen and oxygen atoms in total. The van der Waals surface area contributed by atoms with Gasteiger partial charge in [-0.3, -0.25) is 19.2 Å². The maximum atomic E-state index is 13.3. The lowest BCUT2D eigenvalue weighted by atomic mass is 9.83. The molecule has 21 heteroatoms. The molecule has 0 radical (unpaired) electrons. The van der Waals surface area contributed by atoms with Crippen molar-refractivity contribution in [2.75, 3.05) is 25.7 Å². The number of esters is 1. The number of ketones is 2. The fraction of sp³-hybridized carbons (Fsp3) is 0.579. The van der Waals surface area contributed by atoms with Crippen LogP contribution in [0, 0.1) is 17.8 Å². The highest BCUT2D eigenvalue weighted by atomic mass is 16.7. The van der Waals surface area contributed by atoms with Gasteiger partial charge in [0, 0.05) is 61.7 Å². The van der Waals surface area contributed by atoms with Crippen molar-refractivity contribution in [3.8, 4) is 0 Å². The molecule has 16 N–H and O–H groups in total. The Morgan fingerprint density at radius 2 is 1.37 bits per heavy atom. The van der Waals surface area contributed by atoms with Gasteiger partial charge in [-0.2, -0.15) is 0 Å². The van der Waals surface area contributed by atoms with Crippen LogP contribution >= 0.6 is 0 Å². The van der Waals surface area contributed by atoms with Gasteiger partial charge in [0.15, 0.2) is 11.6 Å². The molecule has 16 atom stereocenters. The summed E-state index contributed by atoms with van der Waals surface area (Å²) in [6.45, 7) is 2.32. The van der Waals surface area contributed by atoms with Crippen LogP contribution in [0.5, 0.6) is 0 Å². The number of ether oxygens (including phenoxy) is 4. The first-order chi connectivity index (χ1) is 37.0. The summed E-state index contributed by atoms with van der Waals surface area (Å²) in [6, 6.07) is 4.60. The Bertz CT molecular complexity index is 2180. The average Bonchev–Trinajstić information content (AvgIpc) is 3.40. The fourth-order valence-electron chi connectivity index (χ4n) is 9.05. The Hall–Kier alpha value is -5.08. The molecule has 0 aromatic heterocycles. The first kappa shape index (κ1) is 67.2. The number of aliphatic hydroxyl groups is 9. The number of cyclic esters (lactones) is 1. The van der Waals surface area contributed by atoms with E-state index in [9.17, 15) is 70.2 Å². The number of aliphatic carboxylic acids is 1. The van der Waals surface area contributed by atoms with E-state index < -0.39 is 153 Å². The van der Waals surface area contributed by atoms with Crippen molar-refractivity contribution in [2.24, 2.45) is 29.2 Å². The number of carboxylic acid groups (broad SMARTS) is 1. The Kier molecular flexibility index (Phi) is 30.6. The van der Waals surface area contributed by atoms with Gasteiger partial charge in [-0.05, 0) is 62.3 Å². The number of Topliss-reactive ketones (excluding diaryl/α,β-unsaturated/α-hetero) is 2. The number of rotatable bonds is 15. The zero-order chi connectivity index (χ0) is 57.8. The highest BCUT2D eigenvalue weighted by Gasteiger charge is 2.50. The number of carbonyl (C=O) groups excluding carboxylic acids is 3. The van der Waals surface area contributed by atoms with Crippen molar-refractivity contribution in [2.45, 2.75) is 170 Å².